The SMILES string of the molecule is CCN1CCC(CNCC2CCC(C)(C)O2)CC1. The van der Waals surface area contributed by atoms with Gasteiger partial charge in [-0.3, -0.25) is 0 Å². The first-order valence-electron chi connectivity index (χ1n) is 7.70. The van der Waals surface area contributed by atoms with Crippen molar-refractivity contribution >= 4 is 0 Å². The van der Waals surface area contributed by atoms with Crippen LogP contribution in [0.3, 0.4) is 0 Å². The normalized spacial score (nSPS) is 29.8. The monoisotopic (exact) mass is 254 g/mol. The summed E-state index contributed by atoms with van der Waals surface area (Å²) in [5.74, 6) is 0.877. The molecule has 0 bridgehead atoms. The van der Waals surface area contributed by atoms with Crippen molar-refractivity contribution in [3.8, 4) is 0 Å². The molecule has 2 heterocycles. The Labute approximate surface area is 112 Å². The molecule has 3 heteroatoms. The molecule has 0 saturated carbocycles. The van der Waals surface area contributed by atoms with Gasteiger partial charge in [0.15, 0.2) is 0 Å². The van der Waals surface area contributed by atoms with Crippen LogP contribution in [-0.4, -0.2) is 49.3 Å². The first kappa shape index (κ1) is 14.3. The molecule has 3 nitrogen and oxygen atoms in total. The minimum Gasteiger partial charge on any atom is -0.371 e. The highest BCUT2D eigenvalue weighted by atomic mass is 16.5. The highest BCUT2D eigenvalue weighted by molar-refractivity contribution is 4.82. The summed E-state index contributed by atoms with van der Waals surface area (Å²) in [5.41, 5.74) is 0.110. The molecule has 0 aromatic rings. The minimum absolute atomic E-state index is 0.110. The molecular formula is C15H30N2O. The summed E-state index contributed by atoms with van der Waals surface area (Å²) in [4.78, 5) is 2.55. The van der Waals surface area contributed by atoms with Crippen molar-refractivity contribution in [1.29, 1.82) is 0 Å². The number of hydrogen-bond acceptors (Lipinski definition) is 3. The predicted molar refractivity (Wildman–Crippen MR) is 75.9 cm³/mol. The van der Waals surface area contributed by atoms with Gasteiger partial charge >= 0.3 is 0 Å². The van der Waals surface area contributed by atoms with Crippen LogP contribution >= 0.6 is 0 Å². The summed E-state index contributed by atoms with van der Waals surface area (Å²) in [5, 5.41) is 3.62. The average molecular weight is 254 g/mol. The molecular weight excluding hydrogens is 224 g/mol. The van der Waals surface area contributed by atoms with Gasteiger partial charge in [0.25, 0.3) is 0 Å². The van der Waals surface area contributed by atoms with Crippen molar-refractivity contribution < 1.29 is 4.74 Å². The maximum Gasteiger partial charge on any atom is 0.0707 e. The van der Waals surface area contributed by atoms with Gasteiger partial charge < -0.3 is 15.0 Å². The van der Waals surface area contributed by atoms with E-state index in [9.17, 15) is 0 Å². The van der Waals surface area contributed by atoms with Crippen LogP contribution in [0.15, 0.2) is 0 Å². The van der Waals surface area contributed by atoms with Crippen molar-refractivity contribution in [3.05, 3.63) is 0 Å². The van der Waals surface area contributed by atoms with E-state index >= 15 is 0 Å². The number of nitrogens with one attached hydrogen (secondary N) is 1. The van der Waals surface area contributed by atoms with E-state index in [4.69, 9.17) is 4.74 Å². The molecule has 2 fully saturated rings. The molecule has 1 atom stereocenters. The van der Waals surface area contributed by atoms with Gasteiger partial charge in [-0.25, -0.2) is 0 Å². The van der Waals surface area contributed by atoms with Gasteiger partial charge in [-0.05, 0) is 71.6 Å². The third-order valence-electron chi connectivity index (χ3n) is 4.51. The molecule has 0 aromatic heterocycles. The Morgan fingerprint density at radius 3 is 2.44 bits per heavy atom. The Balaban J connectivity index is 1.56. The standard InChI is InChI=1S/C15H30N2O/c1-4-17-9-6-13(7-10-17)11-16-12-14-5-8-15(2,3)18-14/h13-14,16H,4-12H2,1-3H3. The Morgan fingerprint density at radius 2 is 1.89 bits per heavy atom. The van der Waals surface area contributed by atoms with Gasteiger partial charge in [-0.1, -0.05) is 6.92 Å². The zero-order chi connectivity index (χ0) is 13.0. The van der Waals surface area contributed by atoms with Crippen molar-refractivity contribution in [1.82, 2.24) is 10.2 Å². The van der Waals surface area contributed by atoms with Crippen molar-refractivity contribution in [2.75, 3.05) is 32.7 Å². The number of nitrogens with zero attached hydrogens (tertiary/aromatic N) is 1. The predicted octanol–water partition coefficient (Wildman–Crippen LogP) is 2.27. The third-order valence-corrected chi connectivity index (χ3v) is 4.51. The van der Waals surface area contributed by atoms with E-state index in [1.807, 2.05) is 0 Å². The van der Waals surface area contributed by atoms with Crippen LogP contribution in [0.5, 0.6) is 0 Å². The lowest BCUT2D eigenvalue weighted by molar-refractivity contribution is -0.0146. The average Bonchev–Trinajstić information content (AvgIpc) is 2.70. The lowest BCUT2D eigenvalue weighted by Gasteiger charge is -2.31. The fraction of sp³-hybridized carbons (Fsp3) is 1.00. The molecule has 106 valence electrons. The zero-order valence-electron chi connectivity index (χ0n) is 12.4. The Kier molecular flexibility index (Phi) is 5.05. The van der Waals surface area contributed by atoms with Gasteiger partial charge in [-0.15, -0.1) is 0 Å². The largest absolute Gasteiger partial charge is 0.371 e. The fourth-order valence-corrected chi connectivity index (χ4v) is 3.18. The Hall–Kier alpha value is -0.120. The summed E-state index contributed by atoms with van der Waals surface area (Å²) >= 11 is 0. The van der Waals surface area contributed by atoms with Gasteiger partial charge in [0.2, 0.25) is 0 Å². The van der Waals surface area contributed by atoms with Gasteiger partial charge in [0.05, 0.1) is 11.7 Å². The van der Waals surface area contributed by atoms with Crippen LogP contribution in [0.25, 0.3) is 0 Å². The molecule has 2 aliphatic rings. The summed E-state index contributed by atoms with van der Waals surface area (Å²) in [6.07, 6.45) is 5.58. The molecule has 1 unspecified atom stereocenters. The molecule has 0 aliphatic carbocycles. The molecule has 2 aliphatic heterocycles. The molecule has 0 aromatic carbocycles. The van der Waals surface area contributed by atoms with E-state index in [0.29, 0.717) is 6.10 Å². The van der Waals surface area contributed by atoms with Crippen LogP contribution in [0.4, 0.5) is 0 Å². The highest BCUT2D eigenvalue weighted by Gasteiger charge is 2.31. The minimum atomic E-state index is 0.110. The molecule has 0 radical (unpaired) electrons. The van der Waals surface area contributed by atoms with E-state index in [-0.39, 0.29) is 5.60 Å². The number of rotatable bonds is 5. The maximum absolute atomic E-state index is 6.00. The van der Waals surface area contributed by atoms with Crippen molar-refractivity contribution in [3.63, 3.8) is 0 Å². The second-order valence-corrected chi connectivity index (χ2v) is 6.57. The van der Waals surface area contributed by atoms with E-state index in [1.165, 1.54) is 51.9 Å². The van der Waals surface area contributed by atoms with E-state index in [1.54, 1.807) is 0 Å². The second-order valence-electron chi connectivity index (χ2n) is 6.57. The van der Waals surface area contributed by atoms with Crippen LogP contribution in [-0.2, 0) is 4.74 Å². The van der Waals surface area contributed by atoms with Crippen LogP contribution in [0, 0.1) is 5.92 Å². The van der Waals surface area contributed by atoms with E-state index in [0.717, 1.165) is 12.5 Å². The van der Waals surface area contributed by atoms with Gasteiger partial charge in [-0.2, -0.15) is 0 Å². The number of likely N-dealkylation sites (tertiary alicyclic amines) is 1. The number of piperidine rings is 1. The smallest absolute Gasteiger partial charge is 0.0707 e. The Bertz CT molecular complexity index is 247. The summed E-state index contributed by atoms with van der Waals surface area (Å²) in [6, 6.07) is 0. The number of ether oxygens (including phenoxy) is 1. The van der Waals surface area contributed by atoms with Crippen molar-refractivity contribution in [2.24, 2.45) is 5.92 Å². The van der Waals surface area contributed by atoms with E-state index in [2.05, 4.69) is 31.0 Å². The van der Waals surface area contributed by atoms with Crippen LogP contribution in [0.2, 0.25) is 0 Å². The lowest BCUT2D eigenvalue weighted by atomic mass is 9.97. The molecule has 0 amide bonds. The van der Waals surface area contributed by atoms with E-state index < -0.39 is 0 Å². The molecule has 18 heavy (non-hydrogen) atoms. The number of hydrogen-bond donors (Lipinski definition) is 1. The molecule has 2 saturated heterocycles. The highest BCUT2D eigenvalue weighted by Crippen LogP contribution is 2.28. The zero-order valence-corrected chi connectivity index (χ0v) is 12.4. The summed E-state index contributed by atoms with van der Waals surface area (Å²) < 4.78 is 6.00. The second kappa shape index (κ2) is 6.36. The van der Waals surface area contributed by atoms with Crippen molar-refractivity contribution in [2.45, 2.75) is 58.2 Å². The molecule has 2 rings (SSSR count). The first-order valence-corrected chi connectivity index (χ1v) is 7.70. The first-order chi connectivity index (χ1) is 8.59. The van der Waals surface area contributed by atoms with Crippen LogP contribution in [0.1, 0.15) is 46.5 Å². The quantitative estimate of drug-likeness (QED) is 0.814. The Morgan fingerprint density at radius 1 is 1.17 bits per heavy atom. The fourth-order valence-electron chi connectivity index (χ4n) is 3.18. The van der Waals surface area contributed by atoms with Gasteiger partial charge in [0, 0.05) is 6.54 Å². The topological polar surface area (TPSA) is 24.5 Å². The molecule has 0 spiro atoms. The maximum atomic E-state index is 6.00. The summed E-state index contributed by atoms with van der Waals surface area (Å²) in [7, 11) is 0. The summed E-state index contributed by atoms with van der Waals surface area (Å²) in [6.45, 7) is 12.7. The third kappa shape index (κ3) is 4.22. The lowest BCUT2D eigenvalue weighted by Crippen LogP contribution is -2.38. The van der Waals surface area contributed by atoms with Crippen LogP contribution < -0.4 is 5.32 Å². The molecule has 1 N–H and O–H groups in total. The van der Waals surface area contributed by atoms with Gasteiger partial charge in [0.1, 0.15) is 0 Å².